The zero-order valence-electron chi connectivity index (χ0n) is 3.17. The molecule has 0 aromatic heterocycles. The summed E-state index contributed by atoms with van der Waals surface area (Å²) in [6.45, 7) is 3.25. The Morgan fingerprint density at radius 1 is 1.60 bits per heavy atom. The van der Waals surface area contributed by atoms with E-state index in [-0.39, 0.29) is 42.0 Å². The van der Waals surface area contributed by atoms with Crippen molar-refractivity contribution >= 4 is 11.6 Å². The molecule has 0 nitrogen and oxygen atoms in total. The van der Waals surface area contributed by atoms with Gasteiger partial charge in [0.15, 0.2) is 0 Å². The molecule has 0 aliphatic carbocycles. The van der Waals surface area contributed by atoms with Crippen LogP contribution >= 0.6 is 11.6 Å². The van der Waals surface area contributed by atoms with Crippen molar-refractivity contribution in [2.75, 3.05) is 5.88 Å². The molecule has 0 saturated carbocycles. The first-order chi connectivity index (χ1) is 1.41. The molecule has 0 rings (SSSR count). The Morgan fingerprint density at radius 2 is 1.60 bits per heavy atom. The average Bonchev–Trinajstić information content (AvgIpc) is 0.918. The normalized spacial score (nSPS) is 3.60. The quantitative estimate of drug-likeness (QED) is 0.223. The van der Waals surface area contributed by atoms with Crippen LogP contribution in [-0.4, -0.2) is 5.88 Å². The van der Waals surface area contributed by atoms with Gasteiger partial charge in [-0.1, -0.05) is 0 Å². The molecule has 0 atom stereocenters. The molecule has 0 heterocycles. The van der Waals surface area contributed by atoms with Crippen molar-refractivity contribution in [3.05, 3.63) is 6.92 Å². The Hall–Kier alpha value is 1.58. The SMILES string of the molecule is [CH2]CCl.[Cl-].[Na+]. The third-order valence-electron chi connectivity index (χ3n) is 0. The Kier molecular flexibility index (Phi) is 56.2. The number of alkyl halides is 1. The molecular weight excluding hydrogens is 118 g/mol. The van der Waals surface area contributed by atoms with Crippen LogP contribution in [-0.2, 0) is 0 Å². The van der Waals surface area contributed by atoms with Gasteiger partial charge < -0.3 is 12.4 Å². The van der Waals surface area contributed by atoms with Gasteiger partial charge in [0.2, 0.25) is 0 Å². The largest absolute Gasteiger partial charge is 1.00 e. The van der Waals surface area contributed by atoms with Gasteiger partial charge in [0.25, 0.3) is 0 Å². The van der Waals surface area contributed by atoms with Crippen LogP contribution in [0.15, 0.2) is 0 Å². The molecule has 3 heteroatoms. The molecule has 0 spiro atoms. The minimum absolute atomic E-state index is 0. The van der Waals surface area contributed by atoms with E-state index in [1.165, 1.54) is 0 Å². The minimum Gasteiger partial charge on any atom is -1.00 e. The number of hydrogen-bond donors (Lipinski definition) is 0. The van der Waals surface area contributed by atoms with Crippen molar-refractivity contribution in [1.29, 1.82) is 0 Å². The van der Waals surface area contributed by atoms with E-state index >= 15 is 0 Å². The molecule has 0 fully saturated rings. The molecule has 0 aliphatic heterocycles. The summed E-state index contributed by atoms with van der Waals surface area (Å²) in [6, 6.07) is 0. The van der Waals surface area contributed by atoms with Crippen LogP contribution in [0.25, 0.3) is 0 Å². The second kappa shape index (κ2) is 17.6. The molecule has 0 N–H and O–H groups in total. The minimum atomic E-state index is 0. The van der Waals surface area contributed by atoms with Crippen LogP contribution < -0.4 is 42.0 Å². The fraction of sp³-hybridized carbons (Fsp3) is 0.500. The summed E-state index contributed by atoms with van der Waals surface area (Å²) < 4.78 is 0. The molecule has 0 aliphatic rings. The van der Waals surface area contributed by atoms with E-state index < -0.39 is 0 Å². The summed E-state index contributed by atoms with van der Waals surface area (Å²) in [6.07, 6.45) is 0. The fourth-order valence-corrected chi connectivity index (χ4v) is 0. The topological polar surface area (TPSA) is 0 Å². The number of halogens is 2. The fourth-order valence-electron chi connectivity index (χ4n) is 0. The Labute approximate surface area is 66.0 Å². The van der Waals surface area contributed by atoms with Gasteiger partial charge in [-0.3, -0.25) is 0 Å². The summed E-state index contributed by atoms with van der Waals surface area (Å²) >= 11 is 4.89. The first-order valence-corrected chi connectivity index (χ1v) is 1.30. The molecular formula is C2H4Cl2Na. The third kappa shape index (κ3) is 28.6. The summed E-state index contributed by atoms with van der Waals surface area (Å²) in [5.41, 5.74) is 0. The molecule has 5 heavy (non-hydrogen) atoms. The molecule has 1 radical (unpaired) electrons. The number of hydrogen-bond acceptors (Lipinski definition) is 0. The molecule has 0 saturated heterocycles. The standard InChI is InChI=1S/C2H4Cl.ClH.Na/c1-2-3;;/h1-2H2;1H;/q;;+1/p-1. The van der Waals surface area contributed by atoms with E-state index in [2.05, 4.69) is 6.92 Å². The van der Waals surface area contributed by atoms with Crippen molar-refractivity contribution in [1.82, 2.24) is 0 Å². The smallest absolute Gasteiger partial charge is 1.00 e. The van der Waals surface area contributed by atoms with Crippen molar-refractivity contribution < 1.29 is 42.0 Å². The summed E-state index contributed by atoms with van der Waals surface area (Å²) in [5.74, 6) is 0.472. The summed E-state index contributed by atoms with van der Waals surface area (Å²) in [4.78, 5) is 0. The zero-order valence-corrected chi connectivity index (χ0v) is 6.68. The van der Waals surface area contributed by atoms with Crippen molar-refractivity contribution in [2.24, 2.45) is 0 Å². The van der Waals surface area contributed by atoms with Crippen LogP contribution in [0.2, 0.25) is 0 Å². The Bertz CT molecular complexity index is 7.61. The number of rotatable bonds is 0. The van der Waals surface area contributed by atoms with Crippen molar-refractivity contribution in [3.8, 4) is 0 Å². The van der Waals surface area contributed by atoms with Gasteiger partial charge in [-0.05, 0) is 6.92 Å². The van der Waals surface area contributed by atoms with E-state index in [1.54, 1.807) is 0 Å². The van der Waals surface area contributed by atoms with Crippen molar-refractivity contribution in [3.63, 3.8) is 0 Å². The maximum absolute atomic E-state index is 4.89. The van der Waals surface area contributed by atoms with E-state index in [9.17, 15) is 0 Å². The second-order valence-electron chi connectivity index (χ2n) is 0.189. The molecule has 0 unspecified atom stereocenters. The molecule has 0 bridgehead atoms. The molecule has 0 amide bonds. The maximum Gasteiger partial charge on any atom is 1.00 e. The van der Waals surface area contributed by atoms with Gasteiger partial charge in [0.1, 0.15) is 0 Å². The van der Waals surface area contributed by atoms with E-state index in [0.717, 1.165) is 0 Å². The molecule has 0 aromatic carbocycles. The van der Waals surface area contributed by atoms with Gasteiger partial charge in [0, 0.05) is 5.88 Å². The third-order valence-corrected chi connectivity index (χ3v) is 0. The predicted molar refractivity (Wildman–Crippen MR) is 16.1 cm³/mol. The zero-order chi connectivity index (χ0) is 2.71. The van der Waals surface area contributed by atoms with Gasteiger partial charge in [-0.15, -0.1) is 11.6 Å². The second-order valence-corrected chi connectivity index (χ2v) is 0.567. The predicted octanol–water partition coefficient (Wildman–Crippen LogP) is -4.93. The van der Waals surface area contributed by atoms with Gasteiger partial charge in [-0.25, -0.2) is 0 Å². The van der Waals surface area contributed by atoms with Gasteiger partial charge in [-0.2, -0.15) is 0 Å². The van der Waals surface area contributed by atoms with Gasteiger partial charge in [0.05, 0.1) is 0 Å². The Balaban J connectivity index is -0.0000000200. The summed E-state index contributed by atoms with van der Waals surface area (Å²) in [7, 11) is 0. The van der Waals surface area contributed by atoms with Crippen LogP contribution in [0.1, 0.15) is 0 Å². The van der Waals surface area contributed by atoms with Crippen LogP contribution in [0.4, 0.5) is 0 Å². The van der Waals surface area contributed by atoms with Crippen molar-refractivity contribution in [2.45, 2.75) is 0 Å². The van der Waals surface area contributed by atoms with Crippen LogP contribution in [0.5, 0.6) is 0 Å². The van der Waals surface area contributed by atoms with E-state index in [4.69, 9.17) is 11.6 Å². The van der Waals surface area contributed by atoms with Crippen LogP contribution in [0.3, 0.4) is 0 Å². The first-order valence-electron chi connectivity index (χ1n) is 0.767. The Morgan fingerprint density at radius 3 is 1.60 bits per heavy atom. The average molecular weight is 122 g/mol. The van der Waals surface area contributed by atoms with E-state index in [1.807, 2.05) is 0 Å². The van der Waals surface area contributed by atoms with Crippen LogP contribution in [0, 0.1) is 6.92 Å². The molecule has 27 valence electrons. The molecule has 0 aromatic rings. The first kappa shape index (κ1) is 16.0. The monoisotopic (exact) mass is 121 g/mol. The maximum atomic E-state index is 4.89. The van der Waals surface area contributed by atoms with E-state index in [0.29, 0.717) is 5.88 Å². The van der Waals surface area contributed by atoms with Gasteiger partial charge >= 0.3 is 29.6 Å². The summed E-state index contributed by atoms with van der Waals surface area (Å²) in [5, 5.41) is 0.